The summed E-state index contributed by atoms with van der Waals surface area (Å²) >= 11 is 3.05. The van der Waals surface area contributed by atoms with E-state index in [1.807, 2.05) is 33.7 Å². The Labute approximate surface area is 278 Å². The summed E-state index contributed by atoms with van der Waals surface area (Å²) in [7, 11) is 4.02. The Kier molecular flexibility index (Phi) is 15.5. The van der Waals surface area contributed by atoms with Gasteiger partial charge in [0.25, 0.3) is 0 Å². The Hall–Kier alpha value is -2.00. The third kappa shape index (κ3) is 10.8. The first kappa shape index (κ1) is 34.9. The maximum absolute atomic E-state index is 12.6. The molecule has 44 heavy (non-hydrogen) atoms. The number of carbonyl (C=O) groups is 4. The largest absolute Gasteiger partial charge is 0.289 e. The molecule has 2 aliphatic rings. The van der Waals surface area contributed by atoms with Crippen LogP contribution in [0, 0.1) is 0 Å². The lowest BCUT2D eigenvalue weighted by molar-refractivity contribution is 0.0991. The van der Waals surface area contributed by atoms with Crippen LogP contribution in [0.4, 0.5) is 0 Å². The van der Waals surface area contributed by atoms with Crippen molar-refractivity contribution in [3.63, 3.8) is 0 Å². The molecule has 234 valence electrons. The Bertz CT molecular complexity index is 1260. The average molecular weight is 667 g/mol. The number of allylic oxidation sites excluding steroid dienone is 4. The van der Waals surface area contributed by atoms with Crippen molar-refractivity contribution in [1.29, 1.82) is 0 Å². The van der Waals surface area contributed by atoms with E-state index in [0.29, 0.717) is 32.1 Å². The minimum Gasteiger partial charge on any atom is -0.289 e. The first-order valence-electron chi connectivity index (χ1n) is 15.9. The van der Waals surface area contributed by atoms with Crippen molar-refractivity contribution in [2.75, 3.05) is 23.0 Å². The van der Waals surface area contributed by atoms with Crippen molar-refractivity contribution in [1.82, 2.24) is 0 Å². The summed E-state index contributed by atoms with van der Waals surface area (Å²) in [6.45, 7) is 0. The Balaban J connectivity index is 0.884. The minimum atomic E-state index is -0.0577. The number of thioether (sulfide) groups is 2. The number of ketones is 4. The summed E-state index contributed by atoms with van der Waals surface area (Å²) in [6.07, 6.45) is 17.6. The number of fused-ring (bicyclic) bond motifs is 2. The molecule has 0 aliphatic heterocycles. The molecule has 2 aromatic rings. The van der Waals surface area contributed by atoms with Gasteiger partial charge in [-0.15, -0.1) is 23.5 Å². The summed E-state index contributed by atoms with van der Waals surface area (Å²) in [6, 6.07) is 14.2. The van der Waals surface area contributed by atoms with Gasteiger partial charge in [-0.3, -0.25) is 19.2 Å². The molecule has 0 saturated heterocycles. The van der Waals surface area contributed by atoms with E-state index in [4.69, 9.17) is 0 Å². The Morgan fingerprint density at radius 1 is 0.386 bits per heavy atom. The van der Waals surface area contributed by atoms with Gasteiger partial charge in [0.1, 0.15) is 0 Å². The molecule has 0 spiro atoms. The van der Waals surface area contributed by atoms with Gasteiger partial charge in [-0.05, 0) is 37.2 Å². The van der Waals surface area contributed by atoms with Gasteiger partial charge in [0.15, 0.2) is 23.1 Å². The second-order valence-corrected chi connectivity index (χ2v) is 16.1. The van der Waals surface area contributed by atoms with E-state index in [9.17, 15) is 19.2 Å². The third-order valence-corrected chi connectivity index (χ3v) is 12.5. The molecule has 0 fully saturated rings. The van der Waals surface area contributed by atoms with E-state index >= 15 is 0 Å². The quantitative estimate of drug-likeness (QED) is 0.0963. The maximum atomic E-state index is 12.6. The molecule has 0 bridgehead atoms. The van der Waals surface area contributed by atoms with Gasteiger partial charge in [-0.1, -0.05) is 121 Å². The van der Waals surface area contributed by atoms with Crippen LogP contribution in [0.1, 0.15) is 118 Å². The fourth-order valence-electron chi connectivity index (χ4n) is 5.22. The summed E-state index contributed by atoms with van der Waals surface area (Å²) in [5, 5.41) is 0. The van der Waals surface area contributed by atoms with E-state index in [2.05, 4.69) is 0 Å². The molecular weight excluding hydrogens is 625 g/mol. The first-order chi connectivity index (χ1) is 21.6. The molecule has 0 aromatic heterocycles. The van der Waals surface area contributed by atoms with E-state index in [1.54, 1.807) is 36.4 Å². The van der Waals surface area contributed by atoms with Gasteiger partial charge in [-0.2, -0.15) is 0 Å². The lowest BCUT2D eigenvalue weighted by Gasteiger charge is -2.14. The van der Waals surface area contributed by atoms with Crippen LogP contribution < -0.4 is 0 Å². The summed E-state index contributed by atoms with van der Waals surface area (Å²) in [5.41, 5.74) is 2.12. The highest BCUT2D eigenvalue weighted by atomic mass is 33.1. The van der Waals surface area contributed by atoms with E-state index < -0.39 is 0 Å². The van der Waals surface area contributed by atoms with Crippen LogP contribution in [0.5, 0.6) is 0 Å². The molecule has 0 atom stereocenters. The van der Waals surface area contributed by atoms with E-state index in [-0.39, 0.29) is 23.1 Å². The number of carbonyl (C=O) groups excluding carboxylic acids is 4. The van der Waals surface area contributed by atoms with Gasteiger partial charge in [0.2, 0.25) is 0 Å². The lowest BCUT2D eigenvalue weighted by Crippen LogP contribution is -2.15. The molecule has 2 aliphatic carbocycles. The highest BCUT2D eigenvalue weighted by Gasteiger charge is 2.26. The SMILES string of the molecule is O=C1C=C(SCCCCCCCCSSCCCCCCCCSC2=CC(=O)c3ccccc3C2=O)C(=O)c2ccccc21. The third-order valence-electron chi connectivity index (χ3n) is 7.69. The Morgan fingerprint density at radius 3 is 1.09 bits per heavy atom. The standard InChI is InChI=1S/C36H42O4S4/c37-31-25-33(35(39)29-19-11-9-17-27(29)31)41-21-13-5-1-3-7-15-23-43-44-24-16-8-4-2-6-14-22-42-34-26-32(38)28-18-10-12-20-30(28)36(34)40/h9-12,17-20,25-26H,1-8,13-16,21-24H2. The van der Waals surface area contributed by atoms with Crippen molar-refractivity contribution >= 4 is 68.2 Å². The van der Waals surface area contributed by atoms with Gasteiger partial charge in [0.05, 0.1) is 9.81 Å². The normalized spacial score (nSPS) is 14.4. The molecule has 2 aromatic carbocycles. The molecule has 0 unspecified atom stereocenters. The van der Waals surface area contributed by atoms with Crippen molar-refractivity contribution in [3.8, 4) is 0 Å². The first-order valence-corrected chi connectivity index (χ1v) is 20.3. The molecule has 0 radical (unpaired) electrons. The monoisotopic (exact) mass is 666 g/mol. The van der Waals surface area contributed by atoms with Crippen LogP contribution in [0.25, 0.3) is 0 Å². The molecule has 0 heterocycles. The van der Waals surface area contributed by atoms with Gasteiger partial charge >= 0.3 is 0 Å². The van der Waals surface area contributed by atoms with Crippen molar-refractivity contribution in [3.05, 3.63) is 92.7 Å². The number of rotatable bonds is 21. The second-order valence-electron chi connectivity index (χ2n) is 11.1. The second kappa shape index (κ2) is 19.5. The lowest BCUT2D eigenvalue weighted by atomic mass is 9.95. The fourth-order valence-corrected chi connectivity index (χ4v) is 9.51. The number of unbranched alkanes of at least 4 members (excludes halogenated alkanes) is 10. The molecule has 8 heteroatoms. The van der Waals surface area contributed by atoms with Crippen LogP contribution in [-0.4, -0.2) is 46.1 Å². The number of benzene rings is 2. The van der Waals surface area contributed by atoms with E-state index in [1.165, 1.54) is 111 Å². The zero-order chi connectivity index (χ0) is 31.0. The molecular formula is C36H42O4S4. The van der Waals surface area contributed by atoms with Crippen LogP contribution in [0.2, 0.25) is 0 Å². The molecule has 0 saturated carbocycles. The van der Waals surface area contributed by atoms with Crippen molar-refractivity contribution in [2.45, 2.75) is 77.0 Å². The van der Waals surface area contributed by atoms with Crippen LogP contribution in [0.3, 0.4) is 0 Å². The smallest absolute Gasteiger partial charge is 0.200 e. The molecule has 0 N–H and O–H groups in total. The predicted molar refractivity (Wildman–Crippen MR) is 192 cm³/mol. The van der Waals surface area contributed by atoms with Crippen LogP contribution in [-0.2, 0) is 0 Å². The zero-order valence-electron chi connectivity index (χ0n) is 25.4. The van der Waals surface area contributed by atoms with Gasteiger partial charge < -0.3 is 0 Å². The number of hydrogen-bond donors (Lipinski definition) is 0. The summed E-state index contributed by atoms with van der Waals surface area (Å²) < 4.78 is 0. The van der Waals surface area contributed by atoms with Crippen LogP contribution >= 0.6 is 45.1 Å². The highest BCUT2D eigenvalue weighted by Crippen LogP contribution is 2.31. The van der Waals surface area contributed by atoms with Crippen molar-refractivity contribution < 1.29 is 19.2 Å². The molecule has 0 amide bonds. The average Bonchev–Trinajstić information content (AvgIpc) is 3.04. The van der Waals surface area contributed by atoms with Crippen molar-refractivity contribution in [2.24, 2.45) is 0 Å². The number of hydrogen-bond acceptors (Lipinski definition) is 8. The topological polar surface area (TPSA) is 68.3 Å². The van der Waals surface area contributed by atoms with Crippen LogP contribution in [0.15, 0.2) is 70.5 Å². The molecule has 4 nitrogen and oxygen atoms in total. The minimum absolute atomic E-state index is 0.0115. The number of Topliss-reactive ketones (excluding diaryl/α,β-unsaturated/α-hetero) is 2. The van der Waals surface area contributed by atoms with E-state index in [0.717, 1.165) is 24.3 Å². The highest BCUT2D eigenvalue weighted by molar-refractivity contribution is 8.76. The van der Waals surface area contributed by atoms with Gasteiger partial charge in [0, 0.05) is 45.9 Å². The summed E-state index contributed by atoms with van der Waals surface area (Å²) in [4.78, 5) is 50.9. The zero-order valence-corrected chi connectivity index (χ0v) is 28.6. The Morgan fingerprint density at radius 2 is 0.705 bits per heavy atom. The fraction of sp³-hybridized carbons (Fsp3) is 0.444. The predicted octanol–water partition coefficient (Wildman–Crippen LogP) is 10.4. The molecule has 4 rings (SSSR count). The maximum Gasteiger partial charge on any atom is 0.200 e. The summed E-state index contributed by atoms with van der Waals surface area (Å²) in [5.74, 6) is 4.08. The van der Waals surface area contributed by atoms with Gasteiger partial charge in [-0.25, -0.2) is 0 Å².